The molecule has 0 atom stereocenters. The molecule has 0 aliphatic heterocycles. The summed E-state index contributed by atoms with van der Waals surface area (Å²) < 4.78 is 59.1. The van der Waals surface area contributed by atoms with Crippen LogP contribution in [-0.4, -0.2) is 27.5 Å². The Labute approximate surface area is 233 Å². The highest BCUT2D eigenvalue weighted by Gasteiger charge is 2.27. The van der Waals surface area contributed by atoms with E-state index in [2.05, 4.69) is 10.2 Å². The number of hydrogen-bond acceptors (Lipinski definition) is 5. The van der Waals surface area contributed by atoms with Gasteiger partial charge in [0.1, 0.15) is 12.5 Å². The number of aromatic amines is 1. The third-order valence-electron chi connectivity index (χ3n) is 6.84. The average molecular weight is 562 g/mol. The summed E-state index contributed by atoms with van der Waals surface area (Å²) in [4.78, 5) is 13.2. The lowest BCUT2D eigenvalue weighted by Gasteiger charge is -2.17. The van der Waals surface area contributed by atoms with E-state index in [-0.39, 0.29) is 30.8 Å². The second-order valence-corrected chi connectivity index (χ2v) is 9.84. The molecule has 41 heavy (non-hydrogen) atoms. The molecule has 210 valence electrons. The van der Waals surface area contributed by atoms with E-state index in [1.54, 1.807) is 24.3 Å². The SMILES string of the molecule is O=c1[nH]ncc2c1c(Cc1cccc(F)c1)c(-c1ccc(OC(F)F)c(OC3CC3)c1)n2COCc1ccccc1. The van der Waals surface area contributed by atoms with E-state index in [4.69, 9.17) is 14.2 Å². The molecule has 0 unspecified atom stereocenters. The van der Waals surface area contributed by atoms with Crippen LogP contribution in [-0.2, 0) is 24.5 Å². The summed E-state index contributed by atoms with van der Waals surface area (Å²) in [5.41, 5.74) is 3.52. The van der Waals surface area contributed by atoms with Gasteiger partial charge in [-0.15, -0.1) is 0 Å². The Hall–Kier alpha value is -4.57. The Kier molecular flexibility index (Phi) is 7.47. The fourth-order valence-corrected chi connectivity index (χ4v) is 4.91. The number of H-pyrrole nitrogens is 1. The highest BCUT2D eigenvalue weighted by molar-refractivity contribution is 5.91. The topological polar surface area (TPSA) is 78.4 Å². The van der Waals surface area contributed by atoms with Gasteiger partial charge in [0, 0.05) is 12.0 Å². The number of rotatable bonds is 11. The molecule has 6 rings (SSSR count). The predicted octanol–water partition coefficient (Wildman–Crippen LogP) is 6.44. The summed E-state index contributed by atoms with van der Waals surface area (Å²) in [6.07, 6.45) is 3.31. The molecule has 5 aromatic rings. The number of aromatic nitrogens is 3. The van der Waals surface area contributed by atoms with E-state index in [1.807, 2.05) is 34.9 Å². The lowest BCUT2D eigenvalue weighted by Crippen LogP contribution is -2.09. The molecule has 1 aliphatic carbocycles. The molecule has 7 nitrogen and oxygen atoms in total. The second-order valence-electron chi connectivity index (χ2n) is 9.84. The summed E-state index contributed by atoms with van der Waals surface area (Å²) in [6, 6.07) is 20.5. The Morgan fingerprint density at radius 3 is 2.54 bits per heavy atom. The maximum atomic E-state index is 14.2. The van der Waals surface area contributed by atoms with Crippen LogP contribution in [0.4, 0.5) is 13.2 Å². The zero-order chi connectivity index (χ0) is 28.3. The van der Waals surface area contributed by atoms with Gasteiger partial charge in [0.25, 0.3) is 5.56 Å². The van der Waals surface area contributed by atoms with Crippen molar-refractivity contribution in [1.29, 1.82) is 0 Å². The van der Waals surface area contributed by atoms with Crippen LogP contribution >= 0.6 is 0 Å². The molecular weight excluding hydrogens is 535 g/mol. The first-order valence-corrected chi connectivity index (χ1v) is 13.2. The van der Waals surface area contributed by atoms with E-state index in [9.17, 15) is 18.0 Å². The van der Waals surface area contributed by atoms with Crippen molar-refractivity contribution in [2.24, 2.45) is 0 Å². The molecule has 3 aromatic carbocycles. The molecule has 0 saturated heterocycles. The number of nitrogens with one attached hydrogen (secondary N) is 1. The molecule has 0 amide bonds. The number of halogens is 3. The van der Waals surface area contributed by atoms with Gasteiger partial charge >= 0.3 is 6.61 Å². The molecule has 0 spiro atoms. The van der Waals surface area contributed by atoms with Crippen LogP contribution in [0.25, 0.3) is 22.2 Å². The highest BCUT2D eigenvalue weighted by atomic mass is 19.3. The van der Waals surface area contributed by atoms with E-state index in [0.717, 1.165) is 18.4 Å². The lowest BCUT2D eigenvalue weighted by atomic mass is 9.98. The van der Waals surface area contributed by atoms with Crippen molar-refractivity contribution in [3.8, 4) is 22.8 Å². The van der Waals surface area contributed by atoms with Crippen molar-refractivity contribution in [3.63, 3.8) is 0 Å². The Bertz CT molecular complexity index is 1730. The van der Waals surface area contributed by atoms with E-state index in [0.29, 0.717) is 39.9 Å². The minimum absolute atomic E-state index is 0.0586. The van der Waals surface area contributed by atoms with E-state index in [1.165, 1.54) is 24.4 Å². The summed E-state index contributed by atoms with van der Waals surface area (Å²) in [5.74, 6) is -0.302. The zero-order valence-corrected chi connectivity index (χ0v) is 21.9. The first-order chi connectivity index (χ1) is 20.0. The standard InChI is InChI=1S/C31H26F3N3O4/c32-22-8-4-7-20(13-22)14-24-28-25(16-35-36-30(28)38)37(18-39-17-19-5-2-1-3-6-19)29(24)21-9-12-26(41-31(33)34)27(15-21)40-23-10-11-23/h1-9,12-13,15-16,23,31H,10-11,14,17-18H2,(H,36,38). The van der Waals surface area contributed by atoms with Gasteiger partial charge in [0.15, 0.2) is 11.5 Å². The number of ether oxygens (including phenoxy) is 3. The Morgan fingerprint density at radius 1 is 0.976 bits per heavy atom. The molecule has 1 N–H and O–H groups in total. The maximum Gasteiger partial charge on any atom is 0.387 e. The number of benzene rings is 3. The zero-order valence-electron chi connectivity index (χ0n) is 21.9. The predicted molar refractivity (Wildman–Crippen MR) is 147 cm³/mol. The van der Waals surface area contributed by atoms with Crippen LogP contribution in [0.15, 0.2) is 83.8 Å². The minimum atomic E-state index is -3.02. The van der Waals surface area contributed by atoms with Crippen LogP contribution in [0, 0.1) is 5.82 Å². The molecule has 1 aliphatic rings. The minimum Gasteiger partial charge on any atom is -0.487 e. The van der Waals surface area contributed by atoms with Crippen LogP contribution in [0.3, 0.4) is 0 Å². The second kappa shape index (κ2) is 11.5. The molecule has 10 heteroatoms. The van der Waals surface area contributed by atoms with Gasteiger partial charge in [0.05, 0.1) is 35.5 Å². The molecule has 0 radical (unpaired) electrons. The van der Waals surface area contributed by atoms with Gasteiger partial charge in [-0.1, -0.05) is 42.5 Å². The van der Waals surface area contributed by atoms with E-state index >= 15 is 0 Å². The Morgan fingerprint density at radius 2 is 1.78 bits per heavy atom. The van der Waals surface area contributed by atoms with Crippen molar-refractivity contribution < 1.29 is 27.4 Å². The van der Waals surface area contributed by atoms with Crippen LogP contribution in [0.2, 0.25) is 0 Å². The first kappa shape index (κ1) is 26.6. The highest BCUT2D eigenvalue weighted by Crippen LogP contribution is 2.41. The normalized spacial score (nSPS) is 13.2. The molecule has 0 bridgehead atoms. The molecular formula is C31H26F3N3O4. The maximum absolute atomic E-state index is 14.2. The average Bonchev–Trinajstić information content (AvgIpc) is 3.72. The van der Waals surface area contributed by atoms with Gasteiger partial charge in [-0.05, 0) is 59.9 Å². The van der Waals surface area contributed by atoms with Crippen molar-refractivity contribution in [2.75, 3.05) is 0 Å². The van der Waals surface area contributed by atoms with Crippen molar-refractivity contribution in [2.45, 2.75) is 45.3 Å². The molecule has 1 saturated carbocycles. The van der Waals surface area contributed by atoms with Gasteiger partial charge in [-0.2, -0.15) is 13.9 Å². The number of alkyl halides is 2. The fraction of sp³-hybridized carbons (Fsp3) is 0.226. The van der Waals surface area contributed by atoms with Crippen molar-refractivity contribution >= 4 is 10.9 Å². The Balaban J connectivity index is 1.51. The summed E-state index contributed by atoms with van der Waals surface area (Å²) in [5, 5.41) is 6.89. The largest absolute Gasteiger partial charge is 0.487 e. The number of nitrogens with zero attached hydrogens (tertiary/aromatic N) is 2. The van der Waals surface area contributed by atoms with Gasteiger partial charge in [-0.3, -0.25) is 4.79 Å². The molecule has 2 heterocycles. The third-order valence-corrected chi connectivity index (χ3v) is 6.84. The molecule has 1 fully saturated rings. The number of fused-ring (bicyclic) bond motifs is 1. The van der Waals surface area contributed by atoms with Gasteiger partial charge in [-0.25, -0.2) is 9.49 Å². The quantitative estimate of drug-likeness (QED) is 0.201. The van der Waals surface area contributed by atoms with Crippen molar-refractivity contribution in [1.82, 2.24) is 14.8 Å². The summed E-state index contributed by atoms with van der Waals surface area (Å²) in [7, 11) is 0. The summed E-state index contributed by atoms with van der Waals surface area (Å²) in [6.45, 7) is -2.65. The fourth-order valence-electron chi connectivity index (χ4n) is 4.91. The summed E-state index contributed by atoms with van der Waals surface area (Å²) >= 11 is 0. The molecule has 2 aromatic heterocycles. The number of hydrogen-bond donors (Lipinski definition) is 1. The van der Waals surface area contributed by atoms with Crippen LogP contribution < -0.4 is 15.0 Å². The van der Waals surface area contributed by atoms with Crippen molar-refractivity contribution in [3.05, 3.63) is 112 Å². The lowest BCUT2D eigenvalue weighted by molar-refractivity contribution is -0.0516. The van der Waals surface area contributed by atoms with Crippen LogP contribution in [0.5, 0.6) is 11.5 Å². The van der Waals surface area contributed by atoms with E-state index < -0.39 is 18.0 Å². The first-order valence-electron chi connectivity index (χ1n) is 13.2. The smallest absolute Gasteiger partial charge is 0.387 e. The van der Waals surface area contributed by atoms with Gasteiger partial charge in [0.2, 0.25) is 0 Å². The third kappa shape index (κ3) is 5.97. The van der Waals surface area contributed by atoms with Gasteiger partial charge < -0.3 is 18.8 Å². The monoisotopic (exact) mass is 561 g/mol. The van der Waals surface area contributed by atoms with Crippen LogP contribution in [0.1, 0.15) is 29.5 Å².